The molecule has 4 nitrogen and oxygen atoms in total. The molecule has 0 bridgehead atoms. The summed E-state index contributed by atoms with van der Waals surface area (Å²) < 4.78 is 0. The van der Waals surface area contributed by atoms with Crippen molar-refractivity contribution in [2.75, 3.05) is 0 Å². The zero-order valence-corrected chi connectivity index (χ0v) is 10.8. The molecule has 0 spiro atoms. The number of carboxylic acids is 1. The zero-order chi connectivity index (χ0) is 14.1. The van der Waals surface area contributed by atoms with Crippen molar-refractivity contribution in [1.82, 2.24) is 5.32 Å². The van der Waals surface area contributed by atoms with Gasteiger partial charge in [-0.3, -0.25) is 4.79 Å². The molecule has 1 rings (SSSR count). The van der Waals surface area contributed by atoms with Gasteiger partial charge in [-0.2, -0.15) is 0 Å². The predicted molar refractivity (Wildman–Crippen MR) is 73.8 cm³/mol. The van der Waals surface area contributed by atoms with Crippen LogP contribution in [0.1, 0.15) is 24.8 Å². The van der Waals surface area contributed by atoms with E-state index in [-0.39, 0.29) is 12.3 Å². The lowest BCUT2D eigenvalue weighted by Gasteiger charge is -2.14. The minimum absolute atomic E-state index is 0.250. The minimum atomic E-state index is -0.997. The number of hydrogen-bond acceptors (Lipinski definition) is 2. The Morgan fingerprint density at radius 3 is 2.58 bits per heavy atom. The maximum absolute atomic E-state index is 11.5. The third-order valence-corrected chi connectivity index (χ3v) is 2.77. The van der Waals surface area contributed by atoms with Gasteiger partial charge in [0, 0.05) is 6.42 Å². The van der Waals surface area contributed by atoms with Gasteiger partial charge >= 0.3 is 5.97 Å². The summed E-state index contributed by atoms with van der Waals surface area (Å²) >= 11 is 0. The smallest absolute Gasteiger partial charge is 0.326 e. The number of nitrogens with one attached hydrogen (secondary N) is 1. The number of allylic oxidation sites excluding steroid dienone is 1. The third kappa shape index (κ3) is 5.86. The molecule has 1 aromatic rings. The maximum Gasteiger partial charge on any atom is 0.326 e. The third-order valence-electron chi connectivity index (χ3n) is 2.77. The van der Waals surface area contributed by atoms with Gasteiger partial charge < -0.3 is 10.4 Å². The highest BCUT2D eigenvalue weighted by Crippen LogP contribution is 2.06. The van der Waals surface area contributed by atoms with E-state index in [9.17, 15) is 9.59 Å². The average Bonchev–Trinajstić information content (AvgIpc) is 2.42. The Morgan fingerprint density at radius 2 is 2.00 bits per heavy atom. The van der Waals surface area contributed by atoms with Gasteiger partial charge in [-0.05, 0) is 24.8 Å². The number of hydrogen-bond donors (Lipinski definition) is 2. The summed E-state index contributed by atoms with van der Waals surface area (Å²) in [6.07, 6.45) is 3.48. The van der Waals surface area contributed by atoms with Gasteiger partial charge in [-0.15, -0.1) is 6.58 Å². The number of amides is 1. The van der Waals surface area contributed by atoms with E-state index in [0.29, 0.717) is 19.3 Å². The van der Waals surface area contributed by atoms with Gasteiger partial charge in [0.05, 0.1) is 0 Å². The second-order valence-electron chi connectivity index (χ2n) is 4.31. The fourth-order valence-electron chi connectivity index (χ4n) is 1.71. The van der Waals surface area contributed by atoms with Gasteiger partial charge in [0.1, 0.15) is 6.04 Å². The van der Waals surface area contributed by atoms with Gasteiger partial charge in [-0.25, -0.2) is 4.79 Å². The van der Waals surface area contributed by atoms with E-state index in [2.05, 4.69) is 11.9 Å². The van der Waals surface area contributed by atoms with E-state index in [1.165, 1.54) is 0 Å². The fourth-order valence-corrected chi connectivity index (χ4v) is 1.71. The lowest BCUT2D eigenvalue weighted by Crippen LogP contribution is -2.40. The molecule has 0 aliphatic rings. The molecule has 1 aromatic carbocycles. The molecular formula is C15H19NO3. The number of carbonyl (C=O) groups excluding carboxylic acids is 1. The van der Waals surface area contributed by atoms with Crippen LogP contribution >= 0.6 is 0 Å². The van der Waals surface area contributed by atoms with Gasteiger partial charge in [0.15, 0.2) is 0 Å². The summed E-state index contributed by atoms with van der Waals surface area (Å²) in [5, 5.41) is 11.6. The SMILES string of the molecule is C=CCCC(=O)N[C@@H](CCc1ccccc1)C(=O)O. The summed E-state index contributed by atoms with van der Waals surface area (Å²) in [5.41, 5.74) is 1.06. The first-order chi connectivity index (χ1) is 9.13. The molecule has 102 valence electrons. The normalized spacial score (nSPS) is 11.6. The van der Waals surface area contributed by atoms with Crippen LogP contribution in [0.15, 0.2) is 43.0 Å². The Labute approximate surface area is 113 Å². The molecule has 4 heteroatoms. The number of aliphatic carboxylic acids is 1. The molecular weight excluding hydrogens is 242 g/mol. The first kappa shape index (κ1) is 15.0. The summed E-state index contributed by atoms with van der Waals surface area (Å²) in [5.74, 6) is -1.25. The van der Waals surface area contributed by atoms with Crippen LogP contribution in [0, 0.1) is 0 Å². The van der Waals surface area contributed by atoms with Crippen LogP contribution in [0.2, 0.25) is 0 Å². The maximum atomic E-state index is 11.5. The van der Waals surface area contributed by atoms with Crippen LogP contribution in [0.5, 0.6) is 0 Å². The van der Waals surface area contributed by atoms with Gasteiger partial charge in [0.25, 0.3) is 0 Å². The second-order valence-corrected chi connectivity index (χ2v) is 4.31. The Balaban J connectivity index is 2.47. The lowest BCUT2D eigenvalue weighted by atomic mass is 10.1. The van der Waals surface area contributed by atoms with E-state index < -0.39 is 12.0 Å². The van der Waals surface area contributed by atoms with E-state index in [1.807, 2.05) is 30.3 Å². The summed E-state index contributed by atoms with van der Waals surface area (Å²) in [6, 6.07) is 8.78. The number of carbonyl (C=O) groups is 2. The summed E-state index contributed by atoms with van der Waals surface area (Å²) in [6.45, 7) is 3.53. The molecule has 0 unspecified atom stereocenters. The highest BCUT2D eigenvalue weighted by atomic mass is 16.4. The molecule has 0 aliphatic carbocycles. The quantitative estimate of drug-likeness (QED) is 0.705. The topological polar surface area (TPSA) is 66.4 Å². The van der Waals surface area contributed by atoms with E-state index in [1.54, 1.807) is 6.08 Å². The van der Waals surface area contributed by atoms with E-state index in [4.69, 9.17) is 5.11 Å². The Kier molecular flexibility index (Phi) is 6.36. The van der Waals surface area contributed by atoms with Gasteiger partial charge in [0.2, 0.25) is 5.91 Å². The molecule has 1 atom stereocenters. The van der Waals surface area contributed by atoms with Crippen LogP contribution in [-0.2, 0) is 16.0 Å². The highest BCUT2D eigenvalue weighted by molar-refractivity contribution is 5.83. The van der Waals surface area contributed by atoms with Crippen molar-refractivity contribution in [3.05, 3.63) is 48.6 Å². The Bertz CT molecular complexity index is 428. The Morgan fingerprint density at radius 1 is 1.32 bits per heavy atom. The van der Waals surface area contributed by atoms with Crippen LogP contribution in [0.4, 0.5) is 0 Å². The molecule has 0 saturated heterocycles. The van der Waals surface area contributed by atoms with Crippen molar-refractivity contribution in [2.45, 2.75) is 31.7 Å². The van der Waals surface area contributed by atoms with Crippen molar-refractivity contribution in [1.29, 1.82) is 0 Å². The highest BCUT2D eigenvalue weighted by Gasteiger charge is 2.19. The van der Waals surface area contributed by atoms with E-state index >= 15 is 0 Å². The van der Waals surface area contributed by atoms with Crippen LogP contribution < -0.4 is 5.32 Å². The summed E-state index contributed by atoms with van der Waals surface area (Å²) in [4.78, 5) is 22.6. The van der Waals surface area contributed by atoms with Gasteiger partial charge in [-0.1, -0.05) is 36.4 Å². The molecule has 0 aromatic heterocycles. The predicted octanol–water partition coefficient (Wildman–Crippen LogP) is 2.15. The fraction of sp³-hybridized carbons (Fsp3) is 0.333. The molecule has 0 aliphatic heterocycles. The molecule has 1 amide bonds. The standard InChI is InChI=1S/C15H19NO3/c1-2-3-9-14(17)16-13(15(18)19)11-10-12-7-5-4-6-8-12/h2,4-8,13H,1,3,9-11H2,(H,16,17)(H,18,19)/t13-/m0/s1. The van der Waals surface area contributed by atoms with Crippen LogP contribution in [0.25, 0.3) is 0 Å². The molecule has 0 radical (unpaired) electrons. The molecule has 0 fully saturated rings. The van der Waals surface area contributed by atoms with Crippen LogP contribution in [-0.4, -0.2) is 23.0 Å². The summed E-state index contributed by atoms with van der Waals surface area (Å²) in [7, 11) is 0. The van der Waals surface area contributed by atoms with E-state index in [0.717, 1.165) is 5.56 Å². The average molecular weight is 261 g/mol. The molecule has 0 saturated carbocycles. The Hall–Kier alpha value is -2.10. The minimum Gasteiger partial charge on any atom is -0.480 e. The molecule has 2 N–H and O–H groups in total. The van der Waals surface area contributed by atoms with Crippen molar-refractivity contribution >= 4 is 11.9 Å². The number of rotatable bonds is 8. The van der Waals surface area contributed by atoms with Crippen molar-refractivity contribution < 1.29 is 14.7 Å². The molecule has 19 heavy (non-hydrogen) atoms. The van der Waals surface area contributed by atoms with Crippen molar-refractivity contribution in [3.63, 3.8) is 0 Å². The number of carboxylic acid groups (broad SMARTS) is 1. The monoisotopic (exact) mass is 261 g/mol. The van der Waals surface area contributed by atoms with Crippen molar-refractivity contribution in [3.8, 4) is 0 Å². The first-order valence-electron chi connectivity index (χ1n) is 6.30. The number of aryl methyl sites for hydroxylation is 1. The van der Waals surface area contributed by atoms with Crippen molar-refractivity contribution in [2.24, 2.45) is 0 Å². The number of benzene rings is 1. The molecule has 0 heterocycles. The first-order valence-corrected chi connectivity index (χ1v) is 6.30. The van der Waals surface area contributed by atoms with Crippen LogP contribution in [0.3, 0.4) is 0 Å². The zero-order valence-electron chi connectivity index (χ0n) is 10.8. The second kappa shape index (κ2) is 8.08. The largest absolute Gasteiger partial charge is 0.480 e. The lowest BCUT2D eigenvalue weighted by molar-refractivity contribution is -0.142.